The summed E-state index contributed by atoms with van der Waals surface area (Å²) in [6.45, 7) is 0.467. The average molecular weight is 356 g/mol. The van der Waals surface area contributed by atoms with Crippen molar-refractivity contribution in [3.8, 4) is 23.6 Å². The molecule has 2 fully saturated rings. The number of thioether (sulfide) groups is 1. The van der Waals surface area contributed by atoms with Gasteiger partial charge in [0.25, 0.3) is 0 Å². The Bertz CT molecular complexity index is 868. The molecular formula is C17H16N4O3S. The molecule has 0 radical (unpaired) electrons. The summed E-state index contributed by atoms with van der Waals surface area (Å²) in [6.07, 6.45) is 0. The number of fused-ring (bicyclic) bond motifs is 2. The lowest BCUT2D eigenvalue weighted by molar-refractivity contribution is 0.0200. The van der Waals surface area contributed by atoms with E-state index in [1.807, 2.05) is 0 Å². The number of aliphatic imine (C=N–C) groups is 1. The van der Waals surface area contributed by atoms with Crippen molar-refractivity contribution in [1.82, 2.24) is 0 Å². The van der Waals surface area contributed by atoms with Crippen molar-refractivity contribution < 1.29 is 14.2 Å². The number of nitrogens with zero attached hydrogens (tertiary/aromatic N) is 3. The number of ether oxygens (including phenoxy) is 3. The van der Waals surface area contributed by atoms with Gasteiger partial charge in [-0.1, -0.05) is 11.8 Å². The molecule has 1 spiro atoms. The normalized spacial score (nSPS) is 37.8. The van der Waals surface area contributed by atoms with Gasteiger partial charge in [-0.2, -0.15) is 10.5 Å². The topological polar surface area (TPSA) is 114 Å². The van der Waals surface area contributed by atoms with Crippen LogP contribution in [0.4, 0.5) is 0 Å². The van der Waals surface area contributed by atoms with E-state index >= 15 is 0 Å². The minimum absolute atomic E-state index is 0.154. The van der Waals surface area contributed by atoms with E-state index in [2.05, 4.69) is 17.1 Å². The maximum absolute atomic E-state index is 10.1. The Morgan fingerprint density at radius 3 is 2.68 bits per heavy atom. The molecule has 7 nitrogen and oxygen atoms in total. The summed E-state index contributed by atoms with van der Waals surface area (Å²) in [5.74, 6) is 1.55. The van der Waals surface area contributed by atoms with E-state index in [0.717, 1.165) is 0 Å². The molecule has 0 bridgehead atoms. The second-order valence-corrected chi connectivity index (χ2v) is 7.41. The van der Waals surface area contributed by atoms with Crippen molar-refractivity contribution in [3.05, 3.63) is 23.8 Å². The fraction of sp³-hybridized carbons (Fsp3) is 0.471. The molecular weight excluding hydrogens is 340 g/mol. The van der Waals surface area contributed by atoms with Crippen LogP contribution in [0.3, 0.4) is 0 Å². The zero-order chi connectivity index (χ0) is 17.9. The molecule has 2 aliphatic heterocycles. The second-order valence-electron chi connectivity index (χ2n) is 6.16. The maximum atomic E-state index is 10.1. The number of nitriles is 2. The third-order valence-electron chi connectivity index (χ3n) is 5.35. The Hall–Kier alpha value is -2.42. The quantitative estimate of drug-likeness (QED) is 0.875. The summed E-state index contributed by atoms with van der Waals surface area (Å²) in [7, 11) is 3.11. The first-order valence-electron chi connectivity index (χ1n) is 7.75. The molecule has 2 N–H and O–H groups in total. The van der Waals surface area contributed by atoms with Crippen LogP contribution in [0.25, 0.3) is 0 Å². The molecule has 8 heteroatoms. The van der Waals surface area contributed by atoms with Gasteiger partial charge in [0.1, 0.15) is 22.7 Å². The SMILES string of the molecule is COc1ccc(OC)c([C@H]2[C@@]3(C#N)[C@@]4(N=C(N)[C@@]23C#N)OCCS4)c1. The third-order valence-corrected chi connectivity index (χ3v) is 6.65. The lowest BCUT2D eigenvalue weighted by atomic mass is 9.95. The Kier molecular flexibility index (Phi) is 3.24. The van der Waals surface area contributed by atoms with Crippen molar-refractivity contribution in [2.45, 2.75) is 11.0 Å². The van der Waals surface area contributed by atoms with E-state index in [0.29, 0.717) is 29.4 Å². The highest BCUT2D eigenvalue weighted by Gasteiger charge is 2.93. The van der Waals surface area contributed by atoms with Gasteiger partial charge in [0, 0.05) is 17.2 Å². The predicted molar refractivity (Wildman–Crippen MR) is 91.1 cm³/mol. The number of nitrogens with two attached hydrogens (primary N) is 1. The fourth-order valence-electron chi connectivity index (χ4n) is 4.25. The smallest absolute Gasteiger partial charge is 0.230 e. The summed E-state index contributed by atoms with van der Waals surface area (Å²) in [4.78, 5) is 4.43. The van der Waals surface area contributed by atoms with Gasteiger partial charge >= 0.3 is 0 Å². The molecule has 1 aromatic rings. The van der Waals surface area contributed by atoms with Crippen LogP contribution in [-0.4, -0.2) is 37.5 Å². The first kappa shape index (κ1) is 16.1. The van der Waals surface area contributed by atoms with Crippen molar-refractivity contribution in [1.29, 1.82) is 10.5 Å². The Morgan fingerprint density at radius 1 is 1.32 bits per heavy atom. The van der Waals surface area contributed by atoms with Gasteiger partial charge in [0.05, 0.1) is 33.0 Å². The van der Waals surface area contributed by atoms with Crippen LogP contribution < -0.4 is 15.2 Å². The molecule has 0 aromatic heterocycles. The average Bonchev–Trinajstić information content (AvgIpc) is 2.88. The molecule has 4 rings (SSSR count). The monoisotopic (exact) mass is 356 g/mol. The first-order valence-corrected chi connectivity index (χ1v) is 8.73. The molecule has 1 saturated heterocycles. The van der Waals surface area contributed by atoms with Crippen LogP contribution >= 0.6 is 11.8 Å². The lowest BCUT2D eigenvalue weighted by Gasteiger charge is -2.26. The highest BCUT2D eigenvalue weighted by atomic mass is 32.2. The van der Waals surface area contributed by atoms with E-state index < -0.39 is 21.8 Å². The van der Waals surface area contributed by atoms with Gasteiger partial charge in [-0.15, -0.1) is 0 Å². The molecule has 25 heavy (non-hydrogen) atoms. The molecule has 1 aromatic carbocycles. The summed E-state index contributed by atoms with van der Waals surface area (Å²) in [5.41, 5.74) is 4.48. The Morgan fingerprint density at radius 2 is 2.12 bits per heavy atom. The first-order chi connectivity index (χ1) is 12.1. The zero-order valence-electron chi connectivity index (χ0n) is 13.8. The minimum atomic E-state index is -1.22. The van der Waals surface area contributed by atoms with E-state index in [9.17, 15) is 10.5 Å². The van der Waals surface area contributed by atoms with E-state index in [4.69, 9.17) is 19.9 Å². The molecule has 3 aliphatic rings. The number of benzene rings is 1. The highest BCUT2D eigenvalue weighted by Crippen LogP contribution is 2.84. The van der Waals surface area contributed by atoms with E-state index in [-0.39, 0.29) is 5.84 Å². The zero-order valence-corrected chi connectivity index (χ0v) is 14.6. The van der Waals surface area contributed by atoms with Gasteiger partial charge < -0.3 is 19.9 Å². The van der Waals surface area contributed by atoms with Gasteiger partial charge in [-0.25, -0.2) is 4.99 Å². The van der Waals surface area contributed by atoms with Crippen molar-refractivity contribution in [2.75, 3.05) is 26.6 Å². The largest absolute Gasteiger partial charge is 0.497 e. The number of hydrogen-bond acceptors (Lipinski definition) is 8. The van der Waals surface area contributed by atoms with Crippen LogP contribution in [0.5, 0.6) is 11.5 Å². The molecule has 1 aliphatic carbocycles. The third kappa shape index (κ3) is 1.57. The number of rotatable bonds is 3. The van der Waals surface area contributed by atoms with Crippen molar-refractivity contribution in [2.24, 2.45) is 21.6 Å². The van der Waals surface area contributed by atoms with Crippen molar-refractivity contribution in [3.63, 3.8) is 0 Å². The minimum Gasteiger partial charge on any atom is -0.497 e. The van der Waals surface area contributed by atoms with Gasteiger partial charge in [-0.3, -0.25) is 0 Å². The van der Waals surface area contributed by atoms with Crippen molar-refractivity contribution >= 4 is 17.6 Å². The molecule has 4 atom stereocenters. The van der Waals surface area contributed by atoms with Crippen LogP contribution in [-0.2, 0) is 4.74 Å². The molecule has 1 saturated carbocycles. The lowest BCUT2D eigenvalue weighted by Crippen LogP contribution is -2.34. The predicted octanol–water partition coefficient (Wildman–Crippen LogP) is 1.61. The number of methoxy groups -OCH3 is 2. The van der Waals surface area contributed by atoms with E-state index in [1.165, 1.54) is 11.8 Å². The second kappa shape index (κ2) is 5.04. The van der Waals surface area contributed by atoms with Crippen LogP contribution in [0.2, 0.25) is 0 Å². The molecule has 0 amide bonds. The summed E-state index contributed by atoms with van der Waals surface area (Å²) >= 11 is 1.43. The number of amidine groups is 1. The molecule has 0 unspecified atom stereocenters. The number of hydrogen-bond donors (Lipinski definition) is 1. The summed E-state index contributed by atoms with van der Waals surface area (Å²) < 4.78 is 16.7. The van der Waals surface area contributed by atoms with Gasteiger partial charge in [0.15, 0.2) is 5.41 Å². The van der Waals surface area contributed by atoms with Crippen LogP contribution in [0.1, 0.15) is 11.5 Å². The maximum Gasteiger partial charge on any atom is 0.230 e. The van der Waals surface area contributed by atoms with E-state index in [1.54, 1.807) is 32.4 Å². The van der Waals surface area contributed by atoms with Crippen LogP contribution in [0.15, 0.2) is 23.2 Å². The Balaban J connectivity index is 1.95. The highest BCUT2D eigenvalue weighted by molar-refractivity contribution is 8.00. The van der Waals surface area contributed by atoms with Crippen LogP contribution in [0, 0.1) is 33.5 Å². The summed E-state index contributed by atoms with van der Waals surface area (Å²) in [5, 5.41) is 19.0. The van der Waals surface area contributed by atoms with Gasteiger partial charge in [-0.05, 0) is 18.2 Å². The molecule has 128 valence electrons. The van der Waals surface area contributed by atoms with Gasteiger partial charge in [0.2, 0.25) is 5.06 Å². The standard InChI is InChI=1S/C17H16N4O3S/c1-22-10-3-4-12(23-2)11(7-10)13-15(8-18)14(20)21-17(16(13,15)9-19)24-5-6-25-17/h3-4,7,13H,5-6H2,1-2H3,(H2,20,21)/t13-,15-,16-,17-/m1/s1. The summed E-state index contributed by atoms with van der Waals surface area (Å²) in [6, 6.07) is 9.95. The molecule has 2 heterocycles. The Labute approximate surface area is 149 Å². The fourth-order valence-corrected chi connectivity index (χ4v) is 5.57.